The van der Waals surface area contributed by atoms with Crippen molar-refractivity contribution in [1.82, 2.24) is 0 Å². The molecule has 3 unspecified atom stereocenters. The van der Waals surface area contributed by atoms with Crippen LogP contribution < -0.4 is 0 Å². The van der Waals surface area contributed by atoms with Gasteiger partial charge in [-0.05, 0) is 60.6 Å². The topological polar surface area (TPSA) is 20.2 Å². The minimum Gasteiger partial charge on any atom is -0.387 e. The summed E-state index contributed by atoms with van der Waals surface area (Å²) in [4.78, 5) is 0.983. The van der Waals surface area contributed by atoms with E-state index in [1.54, 1.807) is 12.1 Å². The standard InChI is InChI=1S/C17H21FOS/c1-10-5-11(2)7-13(6-10)17(19)16-8-12-3-4-14(18)9-15(12)20-16/h3-4,8-11,13,17,19H,5-7H2,1-2H3. The van der Waals surface area contributed by atoms with Crippen molar-refractivity contribution < 1.29 is 9.50 Å². The van der Waals surface area contributed by atoms with Crippen molar-refractivity contribution >= 4 is 21.4 Å². The van der Waals surface area contributed by atoms with E-state index in [1.165, 1.54) is 23.8 Å². The summed E-state index contributed by atoms with van der Waals surface area (Å²) in [6.07, 6.45) is 3.05. The molecule has 3 rings (SSSR count). The van der Waals surface area contributed by atoms with Crippen LogP contribution in [0.1, 0.15) is 44.1 Å². The summed E-state index contributed by atoms with van der Waals surface area (Å²) in [7, 11) is 0. The molecule has 1 heterocycles. The van der Waals surface area contributed by atoms with Crippen molar-refractivity contribution in [3.05, 3.63) is 35.0 Å². The Balaban J connectivity index is 1.86. The van der Waals surface area contributed by atoms with Gasteiger partial charge in [0.15, 0.2) is 0 Å². The molecule has 1 aliphatic rings. The van der Waals surface area contributed by atoms with Gasteiger partial charge < -0.3 is 5.11 Å². The molecule has 1 N–H and O–H groups in total. The number of hydrogen-bond donors (Lipinski definition) is 1. The number of rotatable bonds is 2. The van der Waals surface area contributed by atoms with Crippen molar-refractivity contribution in [1.29, 1.82) is 0 Å². The minimum atomic E-state index is -0.402. The Morgan fingerprint density at radius 3 is 2.55 bits per heavy atom. The van der Waals surface area contributed by atoms with Crippen molar-refractivity contribution in [3.63, 3.8) is 0 Å². The molecule has 1 fully saturated rings. The van der Waals surface area contributed by atoms with Crippen LogP contribution in [0.25, 0.3) is 10.1 Å². The van der Waals surface area contributed by atoms with E-state index < -0.39 is 6.10 Å². The molecule has 1 aromatic heterocycles. The second kappa shape index (κ2) is 5.45. The van der Waals surface area contributed by atoms with Gasteiger partial charge in [0.1, 0.15) is 5.82 Å². The average Bonchev–Trinajstić information content (AvgIpc) is 2.79. The third-order valence-corrected chi connectivity index (χ3v) is 5.62. The fourth-order valence-electron chi connectivity index (χ4n) is 3.67. The van der Waals surface area contributed by atoms with Gasteiger partial charge in [0.25, 0.3) is 0 Å². The van der Waals surface area contributed by atoms with Crippen LogP contribution in [0.15, 0.2) is 24.3 Å². The van der Waals surface area contributed by atoms with Gasteiger partial charge in [-0.2, -0.15) is 0 Å². The minimum absolute atomic E-state index is 0.208. The Hall–Kier alpha value is -0.930. The van der Waals surface area contributed by atoms with E-state index in [9.17, 15) is 9.50 Å². The molecule has 3 heteroatoms. The second-order valence-electron chi connectivity index (χ2n) is 6.45. The van der Waals surface area contributed by atoms with Gasteiger partial charge in [-0.3, -0.25) is 0 Å². The highest BCUT2D eigenvalue weighted by Crippen LogP contribution is 2.42. The lowest BCUT2D eigenvalue weighted by Gasteiger charge is -2.34. The number of hydrogen-bond acceptors (Lipinski definition) is 2. The summed E-state index contributed by atoms with van der Waals surface area (Å²) in [5.41, 5.74) is 0. The normalized spacial score (nSPS) is 28.7. The summed E-state index contributed by atoms with van der Waals surface area (Å²) < 4.78 is 14.2. The molecule has 1 saturated carbocycles. The lowest BCUT2D eigenvalue weighted by atomic mass is 9.74. The molecule has 3 atom stereocenters. The molecular weight excluding hydrogens is 271 g/mol. The summed E-state index contributed by atoms with van der Waals surface area (Å²) in [6, 6.07) is 6.86. The van der Waals surface area contributed by atoms with Crippen LogP contribution in [0.4, 0.5) is 4.39 Å². The van der Waals surface area contributed by atoms with Crippen LogP contribution in [0.5, 0.6) is 0 Å². The summed E-state index contributed by atoms with van der Waals surface area (Å²) in [6.45, 7) is 4.55. The first-order valence-corrected chi connectivity index (χ1v) is 8.21. The SMILES string of the molecule is CC1CC(C)CC(C(O)c2cc3ccc(F)cc3s2)C1. The maximum atomic E-state index is 13.2. The van der Waals surface area contributed by atoms with Crippen molar-refractivity contribution in [2.75, 3.05) is 0 Å². The largest absolute Gasteiger partial charge is 0.387 e. The molecule has 0 bridgehead atoms. The number of thiophene rings is 1. The molecule has 1 nitrogen and oxygen atoms in total. The molecule has 0 saturated heterocycles. The fraction of sp³-hybridized carbons (Fsp3) is 0.529. The zero-order chi connectivity index (χ0) is 14.3. The lowest BCUT2D eigenvalue weighted by Crippen LogP contribution is -2.24. The van der Waals surface area contributed by atoms with E-state index in [-0.39, 0.29) is 5.82 Å². The van der Waals surface area contributed by atoms with Crippen LogP contribution in [0, 0.1) is 23.6 Å². The highest BCUT2D eigenvalue weighted by Gasteiger charge is 2.30. The van der Waals surface area contributed by atoms with Gasteiger partial charge in [-0.15, -0.1) is 11.3 Å². The van der Waals surface area contributed by atoms with Crippen LogP contribution in [0.3, 0.4) is 0 Å². The van der Waals surface area contributed by atoms with Crippen molar-refractivity contribution in [3.8, 4) is 0 Å². The first-order valence-electron chi connectivity index (χ1n) is 7.40. The molecule has 0 radical (unpaired) electrons. The third kappa shape index (κ3) is 2.75. The quantitative estimate of drug-likeness (QED) is 0.812. The Morgan fingerprint density at radius 2 is 1.85 bits per heavy atom. The average molecular weight is 292 g/mol. The molecule has 1 aliphatic carbocycles. The van der Waals surface area contributed by atoms with Crippen LogP contribution in [-0.4, -0.2) is 5.11 Å². The number of halogens is 1. The van der Waals surface area contributed by atoms with Crippen LogP contribution in [-0.2, 0) is 0 Å². The van der Waals surface area contributed by atoms with E-state index in [4.69, 9.17) is 0 Å². The molecule has 1 aromatic carbocycles. The van der Waals surface area contributed by atoms with Gasteiger partial charge >= 0.3 is 0 Å². The molecule has 0 aliphatic heterocycles. The zero-order valence-corrected chi connectivity index (χ0v) is 12.8. The predicted molar refractivity (Wildman–Crippen MR) is 82.4 cm³/mol. The summed E-state index contributed by atoms with van der Waals surface area (Å²) in [5.74, 6) is 1.50. The fourth-order valence-corrected chi connectivity index (χ4v) is 4.84. The van der Waals surface area contributed by atoms with Gasteiger partial charge in [0, 0.05) is 9.58 Å². The predicted octanol–water partition coefficient (Wildman–Crippen LogP) is 5.15. The van der Waals surface area contributed by atoms with Gasteiger partial charge in [-0.25, -0.2) is 4.39 Å². The molecule has 0 spiro atoms. The van der Waals surface area contributed by atoms with Crippen LogP contribution >= 0.6 is 11.3 Å². The van der Waals surface area contributed by atoms with E-state index in [0.29, 0.717) is 17.8 Å². The Labute approximate surface area is 123 Å². The number of benzene rings is 1. The van der Waals surface area contributed by atoms with Crippen molar-refractivity contribution in [2.24, 2.45) is 17.8 Å². The first kappa shape index (κ1) is 14.0. The third-order valence-electron chi connectivity index (χ3n) is 4.45. The van der Waals surface area contributed by atoms with Crippen molar-refractivity contribution in [2.45, 2.75) is 39.2 Å². The Kier molecular flexibility index (Phi) is 3.83. The van der Waals surface area contributed by atoms with Gasteiger partial charge in [0.05, 0.1) is 6.10 Å². The Morgan fingerprint density at radius 1 is 1.15 bits per heavy atom. The smallest absolute Gasteiger partial charge is 0.124 e. The van der Waals surface area contributed by atoms with E-state index in [1.807, 2.05) is 6.07 Å². The second-order valence-corrected chi connectivity index (χ2v) is 7.57. The number of aliphatic hydroxyl groups is 1. The lowest BCUT2D eigenvalue weighted by molar-refractivity contribution is 0.0577. The Bertz CT molecular complexity index is 596. The highest BCUT2D eigenvalue weighted by molar-refractivity contribution is 7.19. The summed E-state index contributed by atoms with van der Waals surface area (Å²) in [5, 5.41) is 11.7. The number of aliphatic hydroxyl groups excluding tert-OH is 1. The molecular formula is C17H21FOS. The summed E-state index contributed by atoms with van der Waals surface area (Å²) >= 11 is 1.53. The molecule has 20 heavy (non-hydrogen) atoms. The van der Waals surface area contributed by atoms with E-state index in [0.717, 1.165) is 27.8 Å². The van der Waals surface area contributed by atoms with E-state index in [2.05, 4.69) is 13.8 Å². The van der Waals surface area contributed by atoms with Gasteiger partial charge in [0.2, 0.25) is 0 Å². The molecule has 0 amide bonds. The maximum Gasteiger partial charge on any atom is 0.124 e. The van der Waals surface area contributed by atoms with Gasteiger partial charge in [-0.1, -0.05) is 19.9 Å². The first-order chi connectivity index (χ1) is 9.52. The molecule has 2 aromatic rings. The maximum absolute atomic E-state index is 13.2. The van der Waals surface area contributed by atoms with E-state index >= 15 is 0 Å². The molecule has 108 valence electrons. The van der Waals surface area contributed by atoms with Crippen LogP contribution in [0.2, 0.25) is 0 Å². The monoisotopic (exact) mass is 292 g/mol. The highest BCUT2D eigenvalue weighted by atomic mass is 32.1. The zero-order valence-electron chi connectivity index (χ0n) is 12.0. The number of fused-ring (bicyclic) bond motifs is 1.